The number of amides is 1. The van der Waals surface area contributed by atoms with Crippen LogP contribution >= 0.6 is 11.6 Å². The van der Waals surface area contributed by atoms with E-state index in [0.29, 0.717) is 16.6 Å². The predicted octanol–water partition coefficient (Wildman–Crippen LogP) is 5.94. The molecule has 2 heterocycles. The van der Waals surface area contributed by atoms with Gasteiger partial charge in [0.15, 0.2) is 14.9 Å². The van der Waals surface area contributed by atoms with Gasteiger partial charge in [0.05, 0.1) is 45.6 Å². The molecular weight excluding hydrogens is 656 g/mol. The van der Waals surface area contributed by atoms with E-state index in [1.165, 1.54) is 29.9 Å². The standard InChI is InChI=1S/C32H34ClF2N5O6S/c1-7-45-26(41)11-10-24-23(36)16-21(20-8-9-22(33)27-29(20)40(5)39-30(27)47(6,43)44)28(37-24)25(38-31(42)46-32(2,3)4)14-17-12-18(34)15-19(35)13-17/h8-13,15-16,25H,7,14,36H2,1-6H3,(H,38,42). The Kier molecular flexibility index (Phi) is 10.3. The normalized spacial score (nSPS) is 12.8. The van der Waals surface area contributed by atoms with Crippen molar-refractivity contribution in [2.24, 2.45) is 7.05 Å². The quantitative estimate of drug-likeness (QED) is 0.160. The fraction of sp³-hybridized carbons (Fsp3) is 0.312. The third-order valence-corrected chi connectivity index (χ3v) is 8.01. The zero-order chi connectivity index (χ0) is 34.8. The van der Waals surface area contributed by atoms with Crippen molar-refractivity contribution >= 4 is 56.2 Å². The topological polar surface area (TPSA) is 156 Å². The number of anilines is 1. The number of fused-ring (bicyclic) bond motifs is 1. The van der Waals surface area contributed by atoms with Gasteiger partial charge in [-0.05, 0) is 70.0 Å². The summed E-state index contributed by atoms with van der Waals surface area (Å²) in [5.41, 5.74) is 7.06. The number of carbonyl (C=O) groups excluding carboxylic acids is 2. The molecule has 0 bridgehead atoms. The number of halogens is 3. The smallest absolute Gasteiger partial charge is 0.408 e. The van der Waals surface area contributed by atoms with Gasteiger partial charge >= 0.3 is 12.1 Å². The molecule has 0 aliphatic rings. The zero-order valence-electron chi connectivity index (χ0n) is 26.5. The van der Waals surface area contributed by atoms with E-state index in [1.807, 2.05) is 0 Å². The molecule has 2 aromatic carbocycles. The highest BCUT2D eigenvalue weighted by Gasteiger charge is 2.29. The molecule has 0 aliphatic heterocycles. The molecule has 4 rings (SSSR count). The number of sulfone groups is 1. The molecule has 1 atom stereocenters. The second-order valence-corrected chi connectivity index (χ2v) is 14.0. The van der Waals surface area contributed by atoms with Crippen LogP contribution in [0.2, 0.25) is 5.02 Å². The fourth-order valence-corrected chi connectivity index (χ4v) is 6.11. The molecule has 0 radical (unpaired) electrons. The average molecular weight is 690 g/mol. The highest BCUT2D eigenvalue weighted by molar-refractivity contribution is 7.90. The van der Waals surface area contributed by atoms with Gasteiger partial charge in [-0.3, -0.25) is 4.68 Å². The summed E-state index contributed by atoms with van der Waals surface area (Å²) in [6.07, 6.45) is 2.44. The number of hydrogen-bond acceptors (Lipinski definition) is 9. The Hall–Kier alpha value is -4.56. The Morgan fingerprint density at radius 1 is 1.13 bits per heavy atom. The first-order valence-electron chi connectivity index (χ1n) is 14.3. The Balaban J connectivity index is 2.05. The van der Waals surface area contributed by atoms with Gasteiger partial charge in [0.2, 0.25) is 0 Å². The summed E-state index contributed by atoms with van der Waals surface area (Å²) in [6.45, 7) is 6.78. The molecule has 11 nitrogen and oxygen atoms in total. The van der Waals surface area contributed by atoms with Crippen LogP contribution in [0, 0.1) is 11.6 Å². The lowest BCUT2D eigenvalue weighted by Crippen LogP contribution is -2.36. The van der Waals surface area contributed by atoms with E-state index in [4.69, 9.17) is 31.8 Å². The highest BCUT2D eigenvalue weighted by atomic mass is 35.5. The number of nitrogen functional groups attached to an aromatic ring is 1. The lowest BCUT2D eigenvalue weighted by molar-refractivity contribution is -0.137. The van der Waals surface area contributed by atoms with Gasteiger partial charge < -0.3 is 20.5 Å². The van der Waals surface area contributed by atoms with Crippen LogP contribution in [0.5, 0.6) is 0 Å². The van der Waals surface area contributed by atoms with E-state index < -0.39 is 45.2 Å². The summed E-state index contributed by atoms with van der Waals surface area (Å²) in [5, 5.41) is 6.99. The van der Waals surface area contributed by atoms with Crippen molar-refractivity contribution in [2.45, 2.75) is 50.8 Å². The van der Waals surface area contributed by atoms with Gasteiger partial charge in [-0.15, -0.1) is 0 Å². The molecule has 0 saturated heterocycles. The number of nitrogens with zero attached hydrogens (tertiary/aromatic N) is 3. The van der Waals surface area contributed by atoms with Crippen molar-refractivity contribution in [3.8, 4) is 11.1 Å². The number of aryl methyl sites for hydroxylation is 1. The second kappa shape index (κ2) is 13.7. The van der Waals surface area contributed by atoms with Crippen LogP contribution in [0.3, 0.4) is 0 Å². The van der Waals surface area contributed by atoms with Gasteiger partial charge in [0, 0.05) is 36.6 Å². The third kappa shape index (κ3) is 8.43. The van der Waals surface area contributed by atoms with Crippen molar-refractivity contribution in [3.63, 3.8) is 0 Å². The van der Waals surface area contributed by atoms with E-state index in [-0.39, 0.29) is 51.1 Å². The van der Waals surface area contributed by atoms with Gasteiger partial charge in [-0.2, -0.15) is 5.10 Å². The Morgan fingerprint density at radius 3 is 2.38 bits per heavy atom. The highest BCUT2D eigenvalue weighted by Crippen LogP contribution is 2.40. The maximum absolute atomic E-state index is 14.3. The summed E-state index contributed by atoms with van der Waals surface area (Å²) >= 11 is 6.51. The third-order valence-electron chi connectivity index (χ3n) is 6.71. The van der Waals surface area contributed by atoms with Crippen molar-refractivity contribution in [1.29, 1.82) is 0 Å². The van der Waals surface area contributed by atoms with Crippen LogP contribution in [0.15, 0.2) is 47.5 Å². The van der Waals surface area contributed by atoms with Crippen molar-refractivity contribution in [1.82, 2.24) is 20.1 Å². The van der Waals surface area contributed by atoms with Crippen LogP contribution < -0.4 is 11.1 Å². The molecule has 1 amide bonds. The molecule has 47 heavy (non-hydrogen) atoms. The van der Waals surface area contributed by atoms with Crippen LogP contribution in [0.1, 0.15) is 50.7 Å². The number of hydrogen-bond donors (Lipinski definition) is 2. The second-order valence-electron chi connectivity index (χ2n) is 11.7. The number of benzene rings is 2. The van der Waals surface area contributed by atoms with Gasteiger partial charge in [0.1, 0.15) is 17.2 Å². The first-order valence-corrected chi connectivity index (χ1v) is 16.6. The van der Waals surface area contributed by atoms with Crippen LogP contribution in [0.25, 0.3) is 28.1 Å². The maximum atomic E-state index is 14.3. The SMILES string of the molecule is CCOC(=O)C=Cc1nc(C(Cc2cc(F)cc(F)c2)NC(=O)OC(C)(C)C)c(-c2ccc(Cl)c3c(S(C)(=O)=O)nn(C)c23)cc1N. The van der Waals surface area contributed by atoms with Gasteiger partial charge in [0.25, 0.3) is 0 Å². The van der Waals surface area contributed by atoms with E-state index in [1.54, 1.807) is 33.8 Å². The summed E-state index contributed by atoms with van der Waals surface area (Å²) in [4.78, 5) is 30.0. The average Bonchev–Trinajstić information content (AvgIpc) is 3.29. The number of rotatable bonds is 9. The Labute approximate surface area is 275 Å². The fourth-order valence-electron chi connectivity index (χ4n) is 4.96. The Morgan fingerprint density at radius 2 is 1.79 bits per heavy atom. The molecule has 1 unspecified atom stereocenters. The zero-order valence-corrected chi connectivity index (χ0v) is 28.1. The van der Waals surface area contributed by atoms with Crippen molar-refractivity contribution in [2.75, 3.05) is 18.6 Å². The number of carbonyl (C=O) groups is 2. The van der Waals surface area contributed by atoms with Gasteiger partial charge in [-0.25, -0.2) is 31.8 Å². The first kappa shape index (κ1) is 35.3. The molecule has 4 aromatic rings. The number of nitrogens with one attached hydrogen (secondary N) is 1. The largest absolute Gasteiger partial charge is 0.463 e. The molecule has 0 aliphatic carbocycles. The monoisotopic (exact) mass is 689 g/mol. The molecule has 0 fully saturated rings. The predicted molar refractivity (Wildman–Crippen MR) is 174 cm³/mol. The van der Waals surface area contributed by atoms with Crippen LogP contribution in [-0.4, -0.2) is 53.7 Å². The minimum atomic E-state index is -3.83. The van der Waals surface area contributed by atoms with E-state index >= 15 is 0 Å². The minimum Gasteiger partial charge on any atom is -0.463 e. The first-order chi connectivity index (χ1) is 21.9. The number of aromatic nitrogens is 3. The molecule has 0 saturated carbocycles. The number of ether oxygens (including phenoxy) is 2. The molecule has 0 spiro atoms. The molecule has 2 aromatic heterocycles. The van der Waals surface area contributed by atoms with Crippen LogP contribution in [-0.2, 0) is 37.6 Å². The summed E-state index contributed by atoms with van der Waals surface area (Å²) < 4.78 is 65.8. The number of alkyl carbamates (subject to hydrolysis) is 1. The number of esters is 1. The summed E-state index contributed by atoms with van der Waals surface area (Å²) in [5.74, 6) is -2.31. The molecule has 250 valence electrons. The summed E-state index contributed by atoms with van der Waals surface area (Å²) in [6, 6.07) is 6.47. The van der Waals surface area contributed by atoms with Gasteiger partial charge in [-0.1, -0.05) is 17.7 Å². The van der Waals surface area contributed by atoms with E-state index in [9.17, 15) is 26.8 Å². The Bertz CT molecular complexity index is 1990. The number of pyridine rings is 1. The van der Waals surface area contributed by atoms with Crippen LogP contribution in [0.4, 0.5) is 19.3 Å². The lowest BCUT2D eigenvalue weighted by atomic mass is 9.93. The lowest BCUT2D eigenvalue weighted by Gasteiger charge is -2.26. The van der Waals surface area contributed by atoms with E-state index in [0.717, 1.165) is 30.5 Å². The minimum absolute atomic E-state index is 0.103. The molecule has 3 N–H and O–H groups in total. The maximum Gasteiger partial charge on any atom is 0.408 e. The number of nitrogens with two attached hydrogens (primary N) is 1. The summed E-state index contributed by atoms with van der Waals surface area (Å²) in [7, 11) is -2.29. The van der Waals surface area contributed by atoms with Crippen molar-refractivity contribution in [3.05, 3.63) is 76.1 Å². The van der Waals surface area contributed by atoms with E-state index in [2.05, 4.69) is 10.4 Å². The van der Waals surface area contributed by atoms with Crippen molar-refractivity contribution < 1.29 is 36.3 Å². The molecule has 15 heteroatoms. The molecular formula is C32H34ClF2N5O6S.